The average Bonchev–Trinajstić information content (AvgIpc) is 2.30. The Bertz CT molecular complexity index is 403. The lowest BCUT2D eigenvalue weighted by Crippen LogP contribution is -2.04. The van der Waals surface area contributed by atoms with E-state index in [0.29, 0.717) is 5.02 Å². The van der Waals surface area contributed by atoms with Gasteiger partial charge in [-0.3, -0.25) is 0 Å². The first-order valence-electron chi connectivity index (χ1n) is 5.78. The van der Waals surface area contributed by atoms with Crippen molar-refractivity contribution in [2.24, 2.45) is 5.92 Å². The highest BCUT2D eigenvalue weighted by atomic mass is 35.5. The molecule has 17 heavy (non-hydrogen) atoms. The lowest BCUT2D eigenvalue weighted by atomic mass is 9.88. The van der Waals surface area contributed by atoms with Crippen molar-refractivity contribution in [2.75, 3.05) is 0 Å². The van der Waals surface area contributed by atoms with Crippen LogP contribution in [0, 0.1) is 5.92 Å². The molecule has 1 rings (SSSR count). The van der Waals surface area contributed by atoms with Gasteiger partial charge in [0, 0.05) is 11.1 Å². The lowest BCUT2D eigenvalue weighted by Gasteiger charge is -2.17. The number of halogens is 1. The van der Waals surface area contributed by atoms with Crippen LogP contribution in [-0.2, 0) is 4.79 Å². The lowest BCUT2D eigenvalue weighted by molar-refractivity contribution is -0.131. The van der Waals surface area contributed by atoms with Crippen molar-refractivity contribution in [3.05, 3.63) is 40.9 Å². The first-order valence-corrected chi connectivity index (χ1v) is 6.16. The van der Waals surface area contributed by atoms with E-state index >= 15 is 0 Å². The number of hydrogen-bond donors (Lipinski definition) is 1. The fourth-order valence-corrected chi connectivity index (χ4v) is 2.07. The summed E-state index contributed by atoms with van der Waals surface area (Å²) in [6, 6.07) is 7.31. The van der Waals surface area contributed by atoms with Crippen molar-refractivity contribution in [1.29, 1.82) is 0 Å². The van der Waals surface area contributed by atoms with E-state index < -0.39 is 5.97 Å². The molecule has 2 nitrogen and oxygen atoms in total. The third kappa shape index (κ3) is 3.90. The summed E-state index contributed by atoms with van der Waals surface area (Å²) in [5.41, 5.74) is 1.81. The SMILES string of the molecule is CCC(CC)/C(=C\C(=O)O)c1ccc(Cl)cc1. The molecule has 0 radical (unpaired) electrons. The topological polar surface area (TPSA) is 37.3 Å². The fraction of sp³-hybridized carbons (Fsp3) is 0.357. The highest BCUT2D eigenvalue weighted by Crippen LogP contribution is 2.29. The smallest absolute Gasteiger partial charge is 0.328 e. The summed E-state index contributed by atoms with van der Waals surface area (Å²) in [6.07, 6.45) is 3.16. The molecule has 0 spiro atoms. The first kappa shape index (κ1) is 13.8. The van der Waals surface area contributed by atoms with Crippen LogP contribution < -0.4 is 0 Å². The highest BCUT2D eigenvalue weighted by Gasteiger charge is 2.13. The van der Waals surface area contributed by atoms with E-state index in [1.165, 1.54) is 6.08 Å². The summed E-state index contributed by atoms with van der Waals surface area (Å²) in [4.78, 5) is 10.9. The fourth-order valence-electron chi connectivity index (χ4n) is 1.94. The van der Waals surface area contributed by atoms with Gasteiger partial charge in [0.1, 0.15) is 0 Å². The molecule has 0 atom stereocenters. The molecule has 0 saturated heterocycles. The minimum Gasteiger partial charge on any atom is -0.478 e. The normalized spacial score (nSPS) is 11.9. The molecule has 1 N–H and O–H groups in total. The molecule has 0 aliphatic heterocycles. The Labute approximate surface area is 107 Å². The first-order chi connectivity index (χ1) is 8.08. The van der Waals surface area contributed by atoms with Crippen LogP contribution >= 0.6 is 11.6 Å². The summed E-state index contributed by atoms with van der Waals surface area (Å²) >= 11 is 5.83. The van der Waals surface area contributed by atoms with E-state index in [2.05, 4.69) is 13.8 Å². The molecule has 1 aromatic rings. The Balaban J connectivity index is 3.14. The molecule has 0 aliphatic rings. The largest absolute Gasteiger partial charge is 0.478 e. The molecule has 0 saturated carbocycles. The zero-order valence-corrected chi connectivity index (χ0v) is 10.9. The number of allylic oxidation sites excluding steroid dienone is 1. The third-order valence-corrected chi connectivity index (χ3v) is 3.13. The van der Waals surface area contributed by atoms with Crippen LogP contribution in [0.2, 0.25) is 5.02 Å². The van der Waals surface area contributed by atoms with Crippen LogP contribution in [0.3, 0.4) is 0 Å². The molecule has 0 aromatic heterocycles. The van der Waals surface area contributed by atoms with Gasteiger partial charge < -0.3 is 5.11 Å². The molecule has 1 aromatic carbocycles. The standard InChI is InChI=1S/C14H17ClO2/c1-3-10(4-2)13(9-14(16)17)11-5-7-12(15)8-6-11/h5-10H,3-4H2,1-2H3,(H,16,17)/b13-9+. The van der Waals surface area contributed by atoms with E-state index in [1.54, 1.807) is 12.1 Å². The molecule has 0 fully saturated rings. The van der Waals surface area contributed by atoms with Gasteiger partial charge in [-0.1, -0.05) is 37.6 Å². The Morgan fingerprint density at radius 2 is 1.82 bits per heavy atom. The van der Waals surface area contributed by atoms with Crippen LogP contribution in [0.25, 0.3) is 5.57 Å². The average molecular weight is 253 g/mol. The molecule has 0 unspecified atom stereocenters. The van der Waals surface area contributed by atoms with E-state index in [4.69, 9.17) is 16.7 Å². The Morgan fingerprint density at radius 1 is 1.29 bits per heavy atom. The minimum atomic E-state index is -0.901. The second-order valence-electron chi connectivity index (χ2n) is 3.96. The van der Waals surface area contributed by atoms with Crippen molar-refractivity contribution >= 4 is 23.1 Å². The van der Waals surface area contributed by atoms with Crippen molar-refractivity contribution < 1.29 is 9.90 Å². The Kier molecular flexibility index (Phi) is 5.23. The zero-order chi connectivity index (χ0) is 12.8. The van der Waals surface area contributed by atoms with Gasteiger partial charge in [-0.05, 0) is 42.0 Å². The van der Waals surface area contributed by atoms with Crippen LogP contribution in [-0.4, -0.2) is 11.1 Å². The summed E-state index contributed by atoms with van der Waals surface area (Å²) in [5.74, 6) is -0.630. The summed E-state index contributed by atoms with van der Waals surface area (Å²) in [5, 5.41) is 9.60. The number of benzene rings is 1. The van der Waals surface area contributed by atoms with Crippen molar-refractivity contribution in [1.82, 2.24) is 0 Å². The van der Waals surface area contributed by atoms with E-state index in [9.17, 15) is 4.79 Å². The van der Waals surface area contributed by atoms with Crippen LogP contribution in [0.5, 0.6) is 0 Å². The van der Waals surface area contributed by atoms with Crippen LogP contribution in [0.15, 0.2) is 30.3 Å². The molecule has 92 valence electrons. The highest BCUT2D eigenvalue weighted by molar-refractivity contribution is 6.30. The number of rotatable bonds is 5. The summed E-state index contributed by atoms with van der Waals surface area (Å²) < 4.78 is 0. The maximum atomic E-state index is 10.9. The Morgan fingerprint density at radius 3 is 2.24 bits per heavy atom. The van der Waals surface area contributed by atoms with Gasteiger partial charge in [-0.2, -0.15) is 0 Å². The quantitative estimate of drug-likeness (QED) is 0.796. The second kappa shape index (κ2) is 6.45. The number of carboxylic acids is 1. The van der Waals surface area contributed by atoms with Gasteiger partial charge in [0.05, 0.1) is 0 Å². The van der Waals surface area contributed by atoms with E-state index in [1.807, 2.05) is 12.1 Å². The molecule has 0 bridgehead atoms. The number of aliphatic carboxylic acids is 1. The van der Waals surface area contributed by atoms with Gasteiger partial charge in [-0.15, -0.1) is 0 Å². The van der Waals surface area contributed by atoms with Crippen LogP contribution in [0.1, 0.15) is 32.3 Å². The maximum Gasteiger partial charge on any atom is 0.328 e. The second-order valence-corrected chi connectivity index (χ2v) is 4.39. The predicted molar refractivity (Wildman–Crippen MR) is 71.1 cm³/mol. The number of carbonyl (C=O) groups is 1. The molecule has 0 heterocycles. The molecular weight excluding hydrogens is 236 g/mol. The molecule has 3 heteroatoms. The van der Waals surface area contributed by atoms with E-state index in [0.717, 1.165) is 24.0 Å². The van der Waals surface area contributed by atoms with Gasteiger partial charge in [0.2, 0.25) is 0 Å². The van der Waals surface area contributed by atoms with Crippen molar-refractivity contribution in [2.45, 2.75) is 26.7 Å². The predicted octanol–water partition coefficient (Wildman–Crippen LogP) is 4.24. The van der Waals surface area contributed by atoms with Gasteiger partial charge in [-0.25, -0.2) is 4.79 Å². The number of hydrogen-bond acceptors (Lipinski definition) is 1. The Hall–Kier alpha value is -1.28. The third-order valence-electron chi connectivity index (χ3n) is 2.88. The molecule has 0 amide bonds. The molecule has 0 aliphatic carbocycles. The van der Waals surface area contributed by atoms with Crippen LogP contribution in [0.4, 0.5) is 0 Å². The number of carboxylic acid groups (broad SMARTS) is 1. The van der Waals surface area contributed by atoms with Crippen molar-refractivity contribution in [3.63, 3.8) is 0 Å². The van der Waals surface area contributed by atoms with Gasteiger partial charge in [0.25, 0.3) is 0 Å². The summed E-state index contributed by atoms with van der Waals surface area (Å²) in [6.45, 7) is 4.14. The zero-order valence-electron chi connectivity index (χ0n) is 10.1. The van der Waals surface area contributed by atoms with E-state index in [-0.39, 0.29) is 5.92 Å². The molecular formula is C14H17ClO2. The maximum absolute atomic E-state index is 10.9. The van der Waals surface area contributed by atoms with Gasteiger partial charge >= 0.3 is 5.97 Å². The monoisotopic (exact) mass is 252 g/mol. The van der Waals surface area contributed by atoms with Gasteiger partial charge in [0.15, 0.2) is 0 Å². The minimum absolute atomic E-state index is 0.271. The van der Waals surface area contributed by atoms with Crippen molar-refractivity contribution in [3.8, 4) is 0 Å². The summed E-state index contributed by atoms with van der Waals surface area (Å²) in [7, 11) is 0.